The number of nitrogen functional groups attached to an aromatic ring is 1. The van der Waals surface area contributed by atoms with Crippen molar-refractivity contribution in [2.24, 2.45) is 5.73 Å². The molecule has 150 valence electrons. The molecule has 2 aromatic rings. The summed E-state index contributed by atoms with van der Waals surface area (Å²) in [5.74, 6) is 0. The van der Waals surface area contributed by atoms with E-state index < -0.39 is 0 Å². The second-order valence-electron chi connectivity index (χ2n) is 7.45. The number of ether oxygens (including phenoxy) is 1. The fourth-order valence-corrected chi connectivity index (χ4v) is 3.37. The Morgan fingerprint density at radius 1 is 1.14 bits per heavy atom. The number of rotatable bonds is 11. The van der Waals surface area contributed by atoms with E-state index in [1.165, 1.54) is 11.1 Å². The maximum Gasteiger partial charge on any atom is 0.140 e. The summed E-state index contributed by atoms with van der Waals surface area (Å²) in [7, 11) is 2.17. The highest BCUT2D eigenvalue weighted by molar-refractivity contribution is 5.64. The molecule has 5 nitrogen and oxygen atoms in total. The largest absolute Gasteiger partial charge is 0.398 e. The van der Waals surface area contributed by atoms with Gasteiger partial charge < -0.3 is 21.1 Å². The van der Waals surface area contributed by atoms with Crippen molar-refractivity contribution in [3.63, 3.8) is 0 Å². The van der Waals surface area contributed by atoms with Gasteiger partial charge in [0.25, 0.3) is 0 Å². The van der Waals surface area contributed by atoms with Gasteiger partial charge in [0.2, 0.25) is 0 Å². The summed E-state index contributed by atoms with van der Waals surface area (Å²) in [5, 5.41) is 3.48. The predicted molar refractivity (Wildman–Crippen MR) is 117 cm³/mol. The molecular weight excluding hydrogens is 348 g/mol. The average molecular weight is 381 g/mol. The zero-order valence-corrected chi connectivity index (χ0v) is 16.7. The van der Waals surface area contributed by atoms with E-state index in [0.29, 0.717) is 6.54 Å². The minimum absolute atomic E-state index is 0.0933. The SMILES string of the molecule is C=Cc1cc(C2OC2NCCN(C)CCCc2ccc(CN)cc2)ccc1N. The van der Waals surface area contributed by atoms with Crippen LogP contribution >= 0.6 is 0 Å². The maximum absolute atomic E-state index is 5.92. The number of aryl methyl sites for hydroxylation is 1. The summed E-state index contributed by atoms with van der Waals surface area (Å²) in [5.41, 5.74) is 17.0. The van der Waals surface area contributed by atoms with Crippen molar-refractivity contribution in [3.05, 3.63) is 71.3 Å². The van der Waals surface area contributed by atoms with Gasteiger partial charge in [0.15, 0.2) is 0 Å². The molecule has 0 aliphatic carbocycles. The molecule has 0 amide bonds. The second-order valence-corrected chi connectivity index (χ2v) is 7.45. The summed E-state index contributed by atoms with van der Waals surface area (Å²) >= 11 is 0. The van der Waals surface area contributed by atoms with Gasteiger partial charge in [0.05, 0.1) is 0 Å². The first kappa shape index (κ1) is 20.6. The Balaban J connectivity index is 1.31. The Morgan fingerprint density at radius 3 is 2.61 bits per heavy atom. The molecule has 1 saturated heterocycles. The monoisotopic (exact) mass is 380 g/mol. The molecule has 1 aliphatic heterocycles. The standard InChI is InChI=1S/C23H32N4O/c1-3-19-15-20(10-11-21(19)25)22-23(28-22)26-12-14-27(2)13-4-5-17-6-8-18(16-24)9-7-17/h3,6-11,15,22-23,26H,1,4-5,12-14,16,24-25H2,2H3. The molecule has 3 rings (SSSR count). The van der Waals surface area contributed by atoms with Gasteiger partial charge in [-0.15, -0.1) is 0 Å². The Bertz CT molecular complexity index is 775. The number of nitrogens with two attached hydrogens (primary N) is 2. The molecule has 1 fully saturated rings. The Kier molecular flexibility index (Phi) is 7.23. The van der Waals surface area contributed by atoms with Crippen LogP contribution in [0.25, 0.3) is 6.08 Å². The summed E-state index contributed by atoms with van der Waals surface area (Å²) in [6, 6.07) is 14.6. The van der Waals surface area contributed by atoms with Crippen molar-refractivity contribution in [1.29, 1.82) is 0 Å². The minimum atomic E-state index is 0.0933. The van der Waals surface area contributed by atoms with Crippen LogP contribution in [0.4, 0.5) is 5.69 Å². The van der Waals surface area contributed by atoms with Crippen molar-refractivity contribution in [3.8, 4) is 0 Å². The third-order valence-electron chi connectivity index (χ3n) is 5.25. The van der Waals surface area contributed by atoms with E-state index in [9.17, 15) is 0 Å². The smallest absolute Gasteiger partial charge is 0.140 e. The molecule has 0 saturated carbocycles. The minimum Gasteiger partial charge on any atom is -0.398 e. The van der Waals surface area contributed by atoms with Gasteiger partial charge in [-0.1, -0.05) is 43.0 Å². The molecular formula is C23H32N4O. The van der Waals surface area contributed by atoms with Gasteiger partial charge in [-0.2, -0.15) is 0 Å². The normalized spacial score (nSPS) is 18.4. The fourth-order valence-electron chi connectivity index (χ4n) is 3.37. The van der Waals surface area contributed by atoms with Gasteiger partial charge in [0, 0.05) is 25.3 Å². The highest BCUT2D eigenvalue weighted by Gasteiger charge is 2.39. The zero-order valence-electron chi connectivity index (χ0n) is 16.7. The molecule has 0 spiro atoms. The third kappa shape index (κ3) is 5.66. The number of likely N-dealkylation sites (N-methyl/N-ethyl adjacent to an activating group) is 1. The van der Waals surface area contributed by atoms with Crippen LogP contribution in [-0.2, 0) is 17.7 Å². The Labute approximate surface area is 168 Å². The van der Waals surface area contributed by atoms with Gasteiger partial charge in [-0.3, -0.25) is 5.32 Å². The van der Waals surface area contributed by atoms with E-state index in [1.54, 1.807) is 6.08 Å². The van der Waals surface area contributed by atoms with Crippen LogP contribution in [0.15, 0.2) is 49.0 Å². The van der Waals surface area contributed by atoms with Crippen LogP contribution in [0, 0.1) is 0 Å². The quantitative estimate of drug-likeness (QED) is 0.413. The predicted octanol–water partition coefficient (Wildman–Crippen LogP) is 2.92. The lowest BCUT2D eigenvalue weighted by atomic mass is 10.1. The molecule has 5 heteroatoms. The van der Waals surface area contributed by atoms with Crippen molar-refractivity contribution in [2.75, 3.05) is 32.4 Å². The van der Waals surface area contributed by atoms with Gasteiger partial charge in [0.1, 0.15) is 12.3 Å². The number of anilines is 1. The van der Waals surface area contributed by atoms with Crippen LogP contribution in [0.3, 0.4) is 0 Å². The summed E-state index contributed by atoms with van der Waals surface area (Å²) in [6.07, 6.45) is 4.23. The Hall–Kier alpha value is -2.18. The molecule has 1 heterocycles. The van der Waals surface area contributed by atoms with E-state index in [-0.39, 0.29) is 12.3 Å². The topological polar surface area (TPSA) is 79.8 Å². The molecule has 0 bridgehead atoms. The lowest BCUT2D eigenvalue weighted by molar-refractivity contribution is 0.303. The highest BCUT2D eigenvalue weighted by Crippen LogP contribution is 2.37. The highest BCUT2D eigenvalue weighted by atomic mass is 16.6. The number of nitrogens with one attached hydrogen (secondary N) is 1. The van der Waals surface area contributed by atoms with E-state index in [0.717, 1.165) is 49.3 Å². The number of epoxide rings is 1. The average Bonchev–Trinajstić information content (AvgIpc) is 3.48. The van der Waals surface area contributed by atoms with E-state index >= 15 is 0 Å². The maximum atomic E-state index is 5.92. The molecule has 2 aromatic carbocycles. The molecule has 2 atom stereocenters. The van der Waals surface area contributed by atoms with Gasteiger partial charge >= 0.3 is 0 Å². The summed E-state index contributed by atoms with van der Waals surface area (Å²) in [4.78, 5) is 2.36. The van der Waals surface area contributed by atoms with Crippen LogP contribution in [-0.4, -0.2) is 37.8 Å². The molecule has 28 heavy (non-hydrogen) atoms. The number of hydrogen-bond donors (Lipinski definition) is 3. The summed E-state index contributed by atoms with van der Waals surface area (Å²) in [6.45, 7) is 7.40. The van der Waals surface area contributed by atoms with Crippen LogP contribution in [0.2, 0.25) is 0 Å². The van der Waals surface area contributed by atoms with E-state index in [1.807, 2.05) is 12.1 Å². The van der Waals surface area contributed by atoms with Crippen LogP contribution in [0.1, 0.15) is 34.8 Å². The first-order chi connectivity index (χ1) is 13.6. The lowest BCUT2D eigenvalue weighted by Crippen LogP contribution is -2.31. The molecule has 5 N–H and O–H groups in total. The van der Waals surface area contributed by atoms with Gasteiger partial charge in [-0.05, 0) is 60.8 Å². The molecule has 2 unspecified atom stereocenters. The van der Waals surface area contributed by atoms with E-state index in [2.05, 4.69) is 54.2 Å². The Morgan fingerprint density at radius 2 is 1.89 bits per heavy atom. The number of hydrogen-bond acceptors (Lipinski definition) is 5. The van der Waals surface area contributed by atoms with Crippen molar-refractivity contribution in [2.45, 2.75) is 31.7 Å². The van der Waals surface area contributed by atoms with Crippen LogP contribution in [0.5, 0.6) is 0 Å². The lowest BCUT2D eigenvalue weighted by Gasteiger charge is -2.16. The van der Waals surface area contributed by atoms with Gasteiger partial charge in [-0.25, -0.2) is 0 Å². The van der Waals surface area contributed by atoms with Crippen molar-refractivity contribution >= 4 is 11.8 Å². The third-order valence-corrected chi connectivity index (χ3v) is 5.25. The number of benzene rings is 2. The number of nitrogens with zero attached hydrogens (tertiary/aromatic N) is 1. The fraction of sp³-hybridized carbons (Fsp3) is 0.391. The second kappa shape index (κ2) is 9.85. The first-order valence-corrected chi connectivity index (χ1v) is 9.98. The molecule has 1 aliphatic rings. The van der Waals surface area contributed by atoms with E-state index in [4.69, 9.17) is 16.2 Å². The van der Waals surface area contributed by atoms with Crippen molar-refractivity contribution in [1.82, 2.24) is 10.2 Å². The summed E-state index contributed by atoms with van der Waals surface area (Å²) < 4.78 is 5.77. The zero-order chi connectivity index (χ0) is 19.9. The van der Waals surface area contributed by atoms with Crippen molar-refractivity contribution < 1.29 is 4.74 Å². The first-order valence-electron chi connectivity index (χ1n) is 9.98. The molecule has 0 aromatic heterocycles. The molecule has 0 radical (unpaired) electrons. The van der Waals surface area contributed by atoms with Crippen LogP contribution < -0.4 is 16.8 Å².